The molecule has 386 valence electrons. The molecule has 0 aromatic heterocycles. The maximum Gasteiger partial charge on any atom is 0.333 e. The number of ether oxygens (including phenoxy) is 3. The number of rotatable bonds is 18. The lowest BCUT2D eigenvalue weighted by Gasteiger charge is -2.25. The van der Waals surface area contributed by atoms with Gasteiger partial charge in [-0.15, -0.1) is 0 Å². The third-order valence-corrected chi connectivity index (χ3v) is 15.7. The lowest BCUT2D eigenvalue weighted by molar-refractivity contribution is -0.157. The maximum atomic E-state index is 14.2. The van der Waals surface area contributed by atoms with Gasteiger partial charge in [-0.1, -0.05) is 55.7 Å². The van der Waals surface area contributed by atoms with E-state index in [1.165, 1.54) is 60.7 Å². The third kappa shape index (κ3) is 13.6. The van der Waals surface area contributed by atoms with Gasteiger partial charge >= 0.3 is 11.9 Å². The summed E-state index contributed by atoms with van der Waals surface area (Å²) in [5.41, 5.74) is 0.772. The molecule has 7 rings (SSSR count). The Hall–Kier alpha value is -6.10. The first-order valence-electron chi connectivity index (χ1n) is 23.2. The first-order valence-corrected chi connectivity index (χ1v) is 27.8. The largest absolute Gasteiger partial charge is 0.507 e. The number of nitrogens with one attached hydrogen (secondary N) is 1. The van der Waals surface area contributed by atoms with Crippen molar-refractivity contribution in [2.45, 2.75) is 56.9 Å². The van der Waals surface area contributed by atoms with E-state index in [-0.39, 0.29) is 82.6 Å². The van der Waals surface area contributed by atoms with Crippen molar-refractivity contribution in [2.75, 3.05) is 36.0 Å². The number of halogens is 4. The number of nitrogens with zero attached hydrogens (tertiary/aromatic N) is 3. The van der Waals surface area contributed by atoms with Crippen LogP contribution in [0.4, 0.5) is 11.4 Å². The lowest BCUT2D eigenvalue weighted by atomic mass is 9.96. The molecule has 1 saturated carbocycles. The van der Waals surface area contributed by atoms with Crippen molar-refractivity contribution in [1.29, 1.82) is 0 Å². The Kier molecular flexibility index (Phi) is 18.8. The van der Waals surface area contributed by atoms with Crippen molar-refractivity contribution in [2.24, 2.45) is 0 Å². The van der Waals surface area contributed by atoms with Crippen LogP contribution in [0, 0.1) is 0 Å². The van der Waals surface area contributed by atoms with E-state index in [2.05, 4.69) is 68.4 Å². The standard InChI is InChI=1S/C53H48Br4N4O12S/c1-3-59(4-2)53(68)39-28-37(20-22-44(39)62)71-49-40(54)24-35(25-41(49)55)60(51(66)32-14-8-5-9-15-32)30-47(64)73-48(65)31-61(52(67)33-16-10-6-11-17-33)36-26-42(56)50(43(57)27-36)72-38-21-23-45(63)46(29-38)74(69,70)58-34-18-12-7-13-19-34/h5-6,8-11,14-17,20-29,34,58,62-63H,3-4,7,12-13,18-19,30-31H2,1-2H3. The van der Waals surface area contributed by atoms with E-state index in [1.807, 2.05) is 13.8 Å². The Labute approximate surface area is 461 Å². The number of carbonyl (C=O) groups excluding carboxylic acids is 5. The highest BCUT2D eigenvalue weighted by Crippen LogP contribution is 2.43. The Morgan fingerprint density at radius 3 is 1.46 bits per heavy atom. The van der Waals surface area contributed by atoms with Crippen molar-refractivity contribution >= 4 is 115 Å². The van der Waals surface area contributed by atoms with Crippen molar-refractivity contribution < 1.29 is 56.8 Å². The van der Waals surface area contributed by atoms with E-state index in [0.29, 0.717) is 34.9 Å². The van der Waals surface area contributed by atoms with Gasteiger partial charge in [-0.25, -0.2) is 22.7 Å². The summed E-state index contributed by atoms with van der Waals surface area (Å²) in [7, 11) is -4.12. The molecule has 6 aromatic rings. The summed E-state index contributed by atoms with van der Waals surface area (Å²) >= 11 is 14.0. The van der Waals surface area contributed by atoms with Crippen LogP contribution in [0.25, 0.3) is 0 Å². The first-order chi connectivity index (χ1) is 35.4. The van der Waals surface area contributed by atoms with E-state index >= 15 is 0 Å². The van der Waals surface area contributed by atoms with Gasteiger partial charge in [-0.3, -0.25) is 24.2 Å². The molecule has 0 radical (unpaired) electrons. The Balaban J connectivity index is 1.12. The van der Waals surface area contributed by atoms with Gasteiger partial charge in [-0.2, -0.15) is 0 Å². The average Bonchev–Trinajstić information content (AvgIpc) is 3.38. The predicted molar refractivity (Wildman–Crippen MR) is 292 cm³/mol. The number of aromatic hydroxyl groups is 2. The minimum atomic E-state index is -4.12. The fourth-order valence-corrected chi connectivity index (χ4v) is 12.1. The average molecular weight is 1280 g/mol. The van der Waals surface area contributed by atoms with Crippen LogP contribution in [0.2, 0.25) is 0 Å². The van der Waals surface area contributed by atoms with E-state index in [0.717, 1.165) is 29.1 Å². The number of carbonyl (C=O) groups is 5. The van der Waals surface area contributed by atoms with Crippen molar-refractivity contribution in [3.8, 4) is 34.5 Å². The van der Waals surface area contributed by atoms with E-state index in [4.69, 9.17) is 14.2 Å². The molecular weight excluding hydrogens is 1240 g/mol. The van der Waals surface area contributed by atoms with Crippen LogP contribution in [-0.4, -0.2) is 85.4 Å². The van der Waals surface area contributed by atoms with Gasteiger partial charge in [0.1, 0.15) is 41.0 Å². The smallest absolute Gasteiger partial charge is 0.333 e. The second-order valence-electron chi connectivity index (χ2n) is 16.8. The molecule has 0 spiro atoms. The van der Waals surface area contributed by atoms with Crippen molar-refractivity contribution in [1.82, 2.24) is 9.62 Å². The van der Waals surface area contributed by atoms with Crippen LogP contribution in [0.1, 0.15) is 77.0 Å². The predicted octanol–water partition coefficient (Wildman–Crippen LogP) is 11.9. The fourth-order valence-electron chi connectivity index (χ4n) is 8.03. The Bertz CT molecular complexity index is 3150. The molecule has 16 nitrogen and oxygen atoms in total. The number of phenolic OH excluding ortho intramolecular Hbond substituents is 2. The second-order valence-corrected chi connectivity index (χ2v) is 21.9. The number of sulfonamides is 1. The monoisotopic (exact) mass is 1280 g/mol. The molecule has 1 aliphatic rings. The molecule has 0 heterocycles. The minimum absolute atomic E-state index is 0.0412. The molecule has 6 aromatic carbocycles. The molecular formula is C53H48Br4N4O12S. The zero-order valence-electron chi connectivity index (χ0n) is 39.7. The minimum Gasteiger partial charge on any atom is -0.507 e. The van der Waals surface area contributed by atoms with Gasteiger partial charge in [0, 0.05) is 47.7 Å². The highest BCUT2D eigenvalue weighted by atomic mass is 79.9. The summed E-state index contributed by atoms with van der Waals surface area (Å²) in [6.45, 7) is 2.96. The number of hydrogen-bond donors (Lipinski definition) is 3. The van der Waals surface area contributed by atoms with Crippen molar-refractivity contribution in [3.63, 3.8) is 0 Å². The quantitative estimate of drug-likeness (QED) is 0.0542. The lowest BCUT2D eigenvalue weighted by Crippen LogP contribution is -2.40. The number of benzene rings is 6. The number of hydrogen-bond acceptors (Lipinski definition) is 12. The topological polar surface area (TPSA) is 209 Å². The summed E-state index contributed by atoms with van der Waals surface area (Å²) in [6, 6.07) is 30.0. The Morgan fingerprint density at radius 1 is 0.581 bits per heavy atom. The molecule has 3 amide bonds. The zero-order valence-corrected chi connectivity index (χ0v) is 46.9. The highest BCUT2D eigenvalue weighted by molar-refractivity contribution is 9.11. The van der Waals surface area contributed by atoms with E-state index in [9.17, 15) is 42.6 Å². The summed E-state index contributed by atoms with van der Waals surface area (Å²) in [4.78, 5) is 72.5. The van der Waals surface area contributed by atoms with E-state index in [1.54, 1.807) is 65.6 Å². The van der Waals surface area contributed by atoms with Crippen LogP contribution >= 0.6 is 63.7 Å². The normalized spacial score (nSPS) is 12.6. The molecule has 0 bridgehead atoms. The molecule has 0 saturated heterocycles. The number of anilines is 2. The molecule has 1 fully saturated rings. The number of phenols is 2. The molecule has 0 atom stereocenters. The summed E-state index contributed by atoms with van der Waals surface area (Å²) in [5.74, 6) is -3.93. The molecule has 1 aliphatic carbocycles. The summed E-state index contributed by atoms with van der Waals surface area (Å²) < 4.78 is 48.2. The van der Waals surface area contributed by atoms with Crippen LogP contribution in [0.3, 0.4) is 0 Å². The highest BCUT2D eigenvalue weighted by Gasteiger charge is 2.30. The first kappa shape index (κ1) is 55.6. The second kappa shape index (κ2) is 25.0. The van der Waals surface area contributed by atoms with Gasteiger partial charge in [0.2, 0.25) is 10.0 Å². The van der Waals surface area contributed by atoms with E-state index < -0.39 is 52.6 Å². The number of amides is 3. The molecule has 0 aliphatic heterocycles. The third-order valence-electron chi connectivity index (χ3n) is 11.8. The number of esters is 2. The van der Waals surface area contributed by atoms with Gasteiger partial charge in [0.25, 0.3) is 17.7 Å². The fraction of sp³-hybridized carbons (Fsp3) is 0.226. The van der Waals surface area contributed by atoms with Crippen LogP contribution in [-0.2, 0) is 24.3 Å². The molecule has 3 N–H and O–H groups in total. The SMILES string of the molecule is CCN(CC)C(=O)c1cc(Oc2c(Br)cc(N(CC(=O)OC(=O)CN(C(=O)c3ccccc3)c3cc(Br)c(Oc4ccc(O)c(S(=O)(=O)NC5CCCCC5)c4)c(Br)c3)C(=O)c3ccccc3)cc2Br)ccc1O. The van der Waals surface area contributed by atoms with Crippen LogP contribution in [0.5, 0.6) is 34.5 Å². The van der Waals surface area contributed by atoms with Gasteiger partial charge in [0.05, 0.1) is 23.5 Å². The maximum absolute atomic E-state index is 14.2. The van der Waals surface area contributed by atoms with Gasteiger partial charge < -0.3 is 29.3 Å². The molecule has 21 heteroatoms. The summed E-state index contributed by atoms with van der Waals surface area (Å²) in [5, 5.41) is 21.1. The van der Waals surface area contributed by atoms with Gasteiger partial charge in [-0.05, 0) is 169 Å². The van der Waals surface area contributed by atoms with Crippen molar-refractivity contribution in [3.05, 3.63) is 156 Å². The molecule has 74 heavy (non-hydrogen) atoms. The van der Waals surface area contributed by atoms with Crippen LogP contribution in [0.15, 0.2) is 144 Å². The van der Waals surface area contributed by atoms with Crippen LogP contribution < -0.4 is 24.0 Å². The molecule has 0 unspecified atom stereocenters. The van der Waals surface area contributed by atoms with Gasteiger partial charge in [0.15, 0.2) is 11.5 Å². The zero-order chi connectivity index (χ0) is 53.3. The summed E-state index contributed by atoms with van der Waals surface area (Å²) in [6.07, 6.45) is 4.19. The Morgan fingerprint density at radius 2 is 1.01 bits per heavy atom.